The molecule has 5 rings (SSSR count). The summed E-state index contributed by atoms with van der Waals surface area (Å²) in [7, 11) is 0. The van der Waals surface area contributed by atoms with Crippen molar-refractivity contribution in [2.75, 3.05) is 5.32 Å². The van der Waals surface area contributed by atoms with Crippen molar-refractivity contribution in [3.63, 3.8) is 0 Å². The summed E-state index contributed by atoms with van der Waals surface area (Å²) in [6.07, 6.45) is 4.35. The molecule has 2 heterocycles. The van der Waals surface area contributed by atoms with Gasteiger partial charge >= 0.3 is 0 Å². The number of hydrogen-bond donors (Lipinski definition) is 1. The van der Waals surface area contributed by atoms with Crippen LogP contribution in [-0.4, -0.2) is 15.3 Å². The van der Waals surface area contributed by atoms with E-state index in [2.05, 4.69) is 34.6 Å². The Bertz CT molecular complexity index is 1260. The maximum Gasteiger partial charge on any atom is 0.228 e. The van der Waals surface area contributed by atoms with E-state index in [-0.39, 0.29) is 5.91 Å². The first kappa shape index (κ1) is 18.3. The van der Waals surface area contributed by atoms with Gasteiger partial charge < -0.3 is 5.32 Å². The number of thiazole rings is 1. The summed E-state index contributed by atoms with van der Waals surface area (Å²) in [6, 6.07) is 26.2. The first-order valence-electron chi connectivity index (χ1n) is 9.71. The molecule has 0 aliphatic heterocycles. The van der Waals surface area contributed by atoms with Crippen molar-refractivity contribution in [2.24, 2.45) is 0 Å². The Kier molecular flexibility index (Phi) is 4.87. The molecule has 1 N–H and O–H groups in total. The van der Waals surface area contributed by atoms with E-state index in [0.717, 1.165) is 33.0 Å². The van der Waals surface area contributed by atoms with Crippen LogP contribution in [0.25, 0.3) is 27.3 Å². The zero-order chi connectivity index (χ0) is 20.3. The molecule has 2 aromatic heterocycles. The van der Waals surface area contributed by atoms with E-state index in [0.29, 0.717) is 6.42 Å². The monoisotopic (exact) mass is 409 g/mol. The standard InChI is InChI=1S/C25H19N3OS/c29-24(16-18-6-8-20(9-7-18)19-4-2-1-3-5-19)26-22-12-10-21(11-13-22)23-17-28-14-15-30-25(28)27-23/h1-15,17H,16H2,(H,26,29). The summed E-state index contributed by atoms with van der Waals surface area (Å²) in [5.41, 5.74) is 6.05. The molecule has 146 valence electrons. The maximum atomic E-state index is 12.4. The largest absolute Gasteiger partial charge is 0.326 e. The van der Waals surface area contributed by atoms with Gasteiger partial charge in [-0.15, -0.1) is 11.3 Å². The number of carbonyl (C=O) groups is 1. The Balaban J connectivity index is 1.22. The number of fused-ring (bicyclic) bond motifs is 1. The summed E-state index contributed by atoms with van der Waals surface area (Å²) >= 11 is 1.61. The molecule has 0 bridgehead atoms. The average molecular weight is 410 g/mol. The van der Waals surface area contributed by atoms with Gasteiger partial charge in [0.25, 0.3) is 0 Å². The van der Waals surface area contributed by atoms with Gasteiger partial charge in [-0.3, -0.25) is 9.20 Å². The van der Waals surface area contributed by atoms with Gasteiger partial charge in [-0.05, 0) is 28.8 Å². The lowest BCUT2D eigenvalue weighted by Crippen LogP contribution is -2.14. The number of nitrogens with one attached hydrogen (secondary N) is 1. The van der Waals surface area contributed by atoms with E-state index in [4.69, 9.17) is 0 Å². The number of benzene rings is 3. The van der Waals surface area contributed by atoms with Crippen molar-refractivity contribution >= 4 is 27.9 Å². The highest BCUT2D eigenvalue weighted by atomic mass is 32.1. The molecule has 4 nitrogen and oxygen atoms in total. The molecule has 0 unspecified atom stereocenters. The first-order valence-corrected chi connectivity index (χ1v) is 10.6. The smallest absolute Gasteiger partial charge is 0.228 e. The van der Waals surface area contributed by atoms with Crippen LogP contribution in [0, 0.1) is 0 Å². The first-order chi connectivity index (χ1) is 14.7. The molecule has 3 aromatic carbocycles. The van der Waals surface area contributed by atoms with Gasteiger partial charge in [0.1, 0.15) is 0 Å². The zero-order valence-electron chi connectivity index (χ0n) is 16.2. The number of nitrogens with zero attached hydrogens (tertiary/aromatic N) is 2. The third-order valence-electron chi connectivity index (χ3n) is 4.98. The Morgan fingerprint density at radius 3 is 2.30 bits per heavy atom. The highest BCUT2D eigenvalue weighted by Crippen LogP contribution is 2.23. The maximum absolute atomic E-state index is 12.4. The summed E-state index contributed by atoms with van der Waals surface area (Å²) in [6.45, 7) is 0. The number of rotatable bonds is 5. The number of carbonyl (C=O) groups excluding carboxylic acids is 1. The lowest BCUT2D eigenvalue weighted by Gasteiger charge is -2.07. The topological polar surface area (TPSA) is 46.4 Å². The molecule has 0 spiro atoms. The molecular weight excluding hydrogens is 390 g/mol. The normalized spacial score (nSPS) is 10.9. The fourth-order valence-corrected chi connectivity index (χ4v) is 4.13. The van der Waals surface area contributed by atoms with Gasteiger partial charge in [-0.1, -0.05) is 66.7 Å². The summed E-state index contributed by atoms with van der Waals surface area (Å²) in [5, 5.41) is 4.99. The molecule has 0 saturated heterocycles. The minimum Gasteiger partial charge on any atom is -0.326 e. The van der Waals surface area contributed by atoms with Crippen LogP contribution in [0.3, 0.4) is 0 Å². The van der Waals surface area contributed by atoms with Gasteiger partial charge in [-0.2, -0.15) is 0 Å². The summed E-state index contributed by atoms with van der Waals surface area (Å²) in [4.78, 5) is 18.0. The SMILES string of the molecule is O=C(Cc1ccc(-c2ccccc2)cc1)Nc1ccc(-c2cn3ccsc3n2)cc1. The fraction of sp³-hybridized carbons (Fsp3) is 0.0400. The lowest BCUT2D eigenvalue weighted by molar-refractivity contribution is -0.115. The van der Waals surface area contributed by atoms with Crippen LogP contribution in [0.5, 0.6) is 0 Å². The van der Waals surface area contributed by atoms with Crippen LogP contribution in [0.4, 0.5) is 5.69 Å². The van der Waals surface area contributed by atoms with E-state index in [1.54, 1.807) is 11.3 Å². The van der Waals surface area contributed by atoms with Crippen LogP contribution in [0.1, 0.15) is 5.56 Å². The number of amides is 1. The zero-order valence-corrected chi connectivity index (χ0v) is 17.0. The van der Waals surface area contributed by atoms with Gasteiger partial charge in [0.05, 0.1) is 12.1 Å². The Morgan fingerprint density at radius 1 is 0.867 bits per heavy atom. The molecule has 30 heavy (non-hydrogen) atoms. The minimum atomic E-state index is -0.0299. The van der Waals surface area contributed by atoms with Gasteiger partial charge in [0.2, 0.25) is 5.91 Å². The molecular formula is C25H19N3OS. The Labute approximate surface area is 178 Å². The van der Waals surface area contributed by atoms with E-state index >= 15 is 0 Å². The van der Waals surface area contributed by atoms with E-state index < -0.39 is 0 Å². The second-order valence-electron chi connectivity index (χ2n) is 7.08. The molecule has 0 aliphatic carbocycles. The molecule has 1 amide bonds. The van der Waals surface area contributed by atoms with Crippen LogP contribution >= 0.6 is 11.3 Å². The molecule has 0 atom stereocenters. The molecule has 5 aromatic rings. The van der Waals surface area contributed by atoms with Crippen LogP contribution in [-0.2, 0) is 11.2 Å². The summed E-state index contributed by atoms with van der Waals surface area (Å²) < 4.78 is 2.01. The minimum absolute atomic E-state index is 0.0299. The van der Waals surface area contributed by atoms with E-state index in [1.807, 2.05) is 76.8 Å². The van der Waals surface area contributed by atoms with Crippen LogP contribution in [0.2, 0.25) is 0 Å². The number of hydrogen-bond acceptors (Lipinski definition) is 3. The third kappa shape index (κ3) is 3.88. The van der Waals surface area contributed by atoms with Crippen molar-refractivity contribution in [1.82, 2.24) is 9.38 Å². The quantitative estimate of drug-likeness (QED) is 0.392. The summed E-state index contributed by atoms with van der Waals surface area (Å²) in [5.74, 6) is -0.0299. The van der Waals surface area contributed by atoms with E-state index in [9.17, 15) is 4.79 Å². The predicted octanol–water partition coefficient (Wildman–Crippen LogP) is 5.91. The third-order valence-corrected chi connectivity index (χ3v) is 5.75. The van der Waals surface area contributed by atoms with Crippen LogP contribution in [0.15, 0.2) is 96.6 Å². The Hall–Kier alpha value is -3.70. The van der Waals surface area contributed by atoms with Gasteiger partial charge in [-0.25, -0.2) is 4.98 Å². The molecule has 0 saturated carbocycles. The van der Waals surface area contributed by atoms with Crippen molar-refractivity contribution < 1.29 is 4.79 Å². The van der Waals surface area contributed by atoms with Crippen molar-refractivity contribution in [3.8, 4) is 22.4 Å². The van der Waals surface area contributed by atoms with E-state index in [1.165, 1.54) is 5.56 Å². The number of aromatic nitrogens is 2. The Morgan fingerprint density at radius 2 is 1.57 bits per heavy atom. The lowest BCUT2D eigenvalue weighted by atomic mass is 10.0. The second kappa shape index (κ2) is 7.97. The number of imidazole rings is 1. The molecule has 0 fully saturated rings. The van der Waals surface area contributed by atoms with Crippen molar-refractivity contribution in [2.45, 2.75) is 6.42 Å². The van der Waals surface area contributed by atoms with Crippen LogP contribution < -0.4 is 5.32 Å². The fourth-order valence-electron chi connectivity index (χ4n) is 3.43. The highest BCUT2D eigenvalue weighted by molar-refractivity contribution is 7.15. The predicted molar refractivity (Wildman–Crippen MR) is 123 cm³/mol. The van der Waals surface area contributed by atoms with Crippen molar-refractivity contribution in [3.05, 3.63) is 102 Å². The molecule has 0 aliphatic rings. The average Bonchev–Trinajstić information content (AvgIpc) is 3.38. The molecule has 0 radical (unpaired) electrons. The van der Waals surface area contributed by atoms with Gasteiger partial charge in [0.15, 0.2) is 4.96 Å². The molecule has 5 heteroatoms. The second-order valence-corrected chi connectivity index (χ2v) is 7.96. The van der Waals surface area contributed by atoms with Crippen molar-refractivity contribution in [1.29, 1.82) is 0 Å². The highest BCUT2D eigenvalue weighted by Gasteiger charge is 2.08. The van der Waals surface area contributed by atoms with Gasteiger partial charge in [0, 0.05) is 29.0 Å². The number of anilines is 1.